The highest BCUT2D eigenvalue weighted by atomic mass is 16.4. The summed E-state index contributed by atoms with van der Waals surface area (Å²) in [5.41, 5.74) is 0.739. The van der Waals surface area contributed by atoms with Crippen molar-refractivity contribution in [3.63, 3.8) is 0 Å². The number of amidine groups is 1. The van der Waals surface area contributed by atoms with Crippen molar-refractivity contribution in [3.8, 4) is 0 Å². The molecule has 8 heteroatoms. The zero-order valence-electron chi connectivity index (χ0n) is 12.2. The number of amides is 1. The Balaban J connectivity index is 1.86. The Kier molecular flexibility index (Phi) is 3.65. The highest BCUT2D eigenvalue weighted by molar-refractivity contribution is 5.99. The van der Waals surface area contributed by atoms with Gasteiger partial charge in [-0.3, -0.25) is 9.79 Å². The van der Waals surface area contributed by atoms with Crippen LogP contribution in [-0.2, 0) is 9.59 Å². The van der Waals surface area contributed by atoms with E-state index in [9.17, 15) is 19.8 Å². The normalized spacial score (nSPS) is 32.1. The number of hydrogen-bond acceptors (Lipinski definition) is 6. The molecule has 4 N–H and O–H groups in total. The van der Waals surface area contributed by atoms with E-state index < -0.39 is 18.0 Å². The minimum atomic E-state index is -1.12. The number of fused-ring (bicyclic) bond motifs is 1. The van der Waals surface area contributed by atoms with Gasteiger partial charge in [0.15, 0.2) is 0 Å². The van der Waals surface area contributed by atoms with Crippen LogP contribution < -0.4 is 5.32 Å². The van der Waals surface area contributed by atoms with Crippen molar-refractivity contribution in [2.75, 3.05) is 19.7 Å². The van der Waals surface area contributed by atoms with Crippen molar-refractivity contribution in [2.45, 2.75) is 25.5 Å². The van der Waals surface area contributed by atoms with E-state index in [2.05, 4.69) is 10.3 Å². The lowest BCUT2D eigenvalue weighted by molar-refractivity contribution is -0.161. The second kappa shape index (κ2) is 5.36. The number of carboxylic acid groups (broad SMARTS) is 1. The summed E-state index contributed by atoms with van der Waals surface area (Å²) in [6.45, 7) is 2.26. The molecular weight excluding hydrogens is 290 g/mol. The number of β-lactam (4-membered cyclic amide) rings is 1. The number of aliphatic carboxylic acids is 1. The van der Waals surface area contributed by atoms with Crippen LogP contribution in [0.15, 0.2) is 16.3 Å². The summed E-state index contributed by atoms with van der Waals surface area (Å²) in [6, 6.07) is -0.267. The maximum atomic E-state index is 12.1. The second-order valence-electron chi connectivity index (χ2n) is 5.95. The fourth-order valence-electron chi connectivity index (χ4n) is 3.59. The molecule has 3 rings (SSSR count). The molecule has 22 heavy (non-hydrogen) atoms. The van der Waals surface area contributed by atoms with Gasteiger partial charge in [-0.25, -0.2) is 4.79 Å². The Morgan fingerprint density at radius 3 is 2.77 bits per heavy atom. The first kappa shape index (κ1) is 15.0. The van der Waals surface area contributed by atoms with Crippen LogP contribution in [0.1, 0.15) is 13.3 Å². The van der Waals surface area contributed by atoms with E-state index in [0.717, 1.165) is 0 Å². The second-order valence-corrected chi connectivity index (χ2v) is 5.95. The summed E-state index contributed by atoms with van der Waals surface area (Å²) >= 11 is 0. The minimum Gasteiger partial charge on any atom is -0.477 e. The number of aliphatic imine (C=N–C) groups is 1. The van der Waals surface area contributed by atoms with Crippen molar-refractivity contribution >= 4 is 17.7 Å². The fourth-order valence-corrected chi connectivity index (χ4v) is 3.59. The van der Waals surface area contributed by atoms with E-state index in [0.29, 0.717) is 30.9 Å². The standard InChI is InChI=1S/C14H19N3O5/c1-6(19)11-9-2-8(7-3-15-10(5-18)16-4-7)12(14(21)22)17(9)13(11)20/h6-7,9,11,18-19H,2-5H2,1H3,(H,15,16)(H,21,22)/t6-,9-,11-/m1/s1. The predicted molar refractivity (Wildman–Crippen MR) is 76.0 cm³/mol. The van der Waals surface area contributed by atoms with Gasteiger partial charge in [0, 0.05) is 19.0 Å². The van der Waals surface area contributed by atoms with Gasteiger partial charge < -0.3 is 25.5 Å². The molecule has 3 aliphatic rings. The SMILES string of the molecule is C[C@@H](O)[C@H]1C(=O)N2C(C(=O)O)=C(C3CN=C(CO)NC3)C[C@H]12. The monoisotopic (exact) mass is 309 g/mol. The van der Waals surface area contributed by atoms with Crippen molar-refractivity contribution in [1.82, 2.24) is 10.2 Å². The molecule has 0 spiro atoms. The van der Waals surface area contributed by atoms with Crippen LogP contribution in [0, 0.1) is 11.8 Å². The molecule has 3 heterocycles. The molecule has 1 amide bonds. The third-order valence-corrected chi connectivity index (χ3v) is 4.66. The largest absolute Gasteiger partial charge is 0.477 e. The van der Waals surface area contributed by atoms with Crippen molar-refractivity contribution in [3.05, 3.63) is 11.3 Å². The number of carbonyl (C=O) groups excluding carboxylic acids is 1. The molecule has 0 aliphatic carbocycles. The Hall–Kier alpha value is -1.93. The van der Waals surface area contributed by atoms with Crippen LogP contribution in [0.2, 0.25) is 0 Å². The van der Waals surface area contributed by atoms with Crippen molar-refractivity contribution < 1.29 is 24.9 Å². The lowest BCUT2D eigenvalue weighted by Crippen LogP contribution is -2.61. The van der Waals surface area contributed by atoms with Crippen LogP contribution in [0.5, 0.6) is 0 Å². The topological polar surface area (TPSA) is 122 Å². The number of nitrogens with one attached hydrogen (secondary N) is 1. The molecule has 0 aromatic carbocycles. The lowest BCUT2D eigenvalue weighted by atomic mass is 9.82. The molecule has 0 aromatic rings. The molecule has 0 aromatic heterocycles. The predicted octanol–water partition coefficient (Wildman–Crippen LogP) is -1.45. The first-order valence-corrected chi connectivity index (χ1v) is 7.31. The van der Waals surface area contributed by atoms with Gasteiger partial charge in [-0.05, 0) is 18.9 Å². The molecule has 1 saturated heterocycles. The summed E-state index contributed by atoms with van der Waals surface area (Å²) in [7, 11) is 0. The van der Waals surface area contributed by atoms with Crippen LogP contribution in [0.25, 0.3) is 0 Å². The maximum absolute atomic E-state index is 12.1. The summed E-state index contributed by atoms with van der Waals surface area (Å²) in [5, 5.41) is 31.2. The average molecular weight is 309 g/mol. The quantitative estimate of drug-likeness (QED) is 0.471. The van der Waals surface area contributed by atoms with E-state index >= 15 is 0 Å². The number of aliphatic hydroxyl groups is 2. The van der Waals surface area contributed by atoms with Gasteiger partial charge in [0.1, 0.15) is 18.1 Å². The fraction of sp³-hybridized carbons (Fsp3) is 0.643. The first-order valence-electron chi connectivity index (χ1n) is 7.31. The highest BCUT2D eigenvalue weighted by Gasteiger charge is 2.57. The molecule has 8 nitrogen and oxygen atoms in total. The molecule has 4 atom stereocenters. The Morgan fingerprint density at radius 2 is 2.27 bits per heavy atom. The van der Waals surface area contributed by atoms with Crippen LogP contribution in [0.4, 0.5) is 0 Å². The van der Waals surface area contributed by atoms with Gasteiger partial charge in [-0.15, -0.1) is 0 Å². The molecule has 1 fully saturated rings. The highest BCUT2D eigenvalue weighted by Crippen LogP contribution is 2.45. The molecule has 0 bridgehead atoms. The minimum absolute atomic E-state index is 0.0429. The van der Waals surface area contributed by atoms with Crippen LogP contribution in [-0.4, -0.2) is 69.8 Å². The number of aliphatic hydroxyl groups excluding tert-OH is 2. The van der Waals surface area contributed by atoms with E-state index in [-0.39, 0.29) is 30.2 Å². The zero-order valence-corrected chi connectivity index (χ0v) is 12.2. The number of hydrogen-bond donors (Lipinski definition) is 4. The number of carbonyl (C=O) groups is 2. The van der Waals surface area contributed by atoms with Gasteiger partial charge in [-0.1, -0.05) is 0 Å². The van der Waals surface area contributed by atoms with Gasteiger partial charge in [0.25, 0.3) is 0 Å². The number of rotatable bonds is 4. The first-order chi connectivity index (χ1) is 10.5. The molecule has 3 aliphatic heterocycles. The van der Waals surface area contributed by atoms with E-state index in [4.69, 9.17) is 5.11 Å². The van der Waals surface area contributed by atoms with Gasteiger partial charge in [0.05, 0.1) is 18.1 Å². The van der Waals surface area contributed by atoms with Crippen molar-refractivity contribution in [1.29, 1.82) is 0 Å². The maximum Gasteiger partial charge on any atom is 0.352 e. The van der Waals surface area contributed by atoms with E-state index in [1.807, 2.05) is 0 Å². The van der Waals surface area contributed by atoms with Crippen LogP contribution >= 0.6 is 0 Å². The third kappa shape index (κ3) is 2.10. The van der Waals surface area contributed by atoms with Gasteiger partial charge in [0.2, 0.25) is 5.91 Å². The molecule has 120 valence electrons. The van der Waals surface area contributed by atoms with Gasteiger partial charge in [-0.2, -0.15) is 0 Å². The summed E-state index contributed by atoms with van der Waals surface area (Å²) in [4.78, 5) is 29.2. The number of carboxylic acids is 1. The summed E-state index contributed by atoms with van der Waals surface area (Å²) < 4.78 is 0. The smallest absolute Gasteiger partial charge is 0.352 e. The average Bonchev–Trinajstić information content (AvgIpc) is 2.82. The third-order valence-electron chi connectivity index (χ3n) is 4.66. The molecule has 1 unspecified atom stereocenters. The Morgan fingerprint density at radius 1 is 1.55 bits per heavy atom. The number of nitrogens with zero attached hydrogens (tertiary/aromatic N) is 2. The summed E-state index contributed by atoms with van der Waals surface area (Å²) in [5.74, 6) is -1.59. The molecule has 0 radical (unpaired) electrons. The van der Waals surface area contributed by atoms with E-state index in [1.165, 1.54) is 4.90 Å². The lowest BCUT2D eigenvalue weighted by Gasteiger charge is -2.44. The van der Waals surface area contributed by atoms with Crippen LogP contribution in [0.3, 0.4) is 0 Å². The summed E-state index contributed by atoms with van der Waals surface area (Å²) in [6.07, 6.45) is -0.328. The Labute approximate surface area is 127 Å². The molecular formula is C14H19N3O5. The zero-order chi connectivity index (χ0) is 16.0. The van der Waals surface area contributed by atoms with Crippen molar-refractivity contribution in [2.24, 2.45) is 16.8 Å². The van der Waals surface area contributed by atoms with Gasteiger partial charge >= 0.3 is 5.97 Å². The Bertz CT molecular complexity index is 583. The van der Waals surface area contributed by atoms with E-state index in [1.54, 1.807) is 6.92 Å². The molecule has 0 saturated carbocycles.